The Kier molecular flexibility index (Phi) is 14.4. The van der Waals surface area contributed by atoms with Crippen LogP contribution >= 0.6 is 34.4 Å². The predicted octanol–water partition coefficient (Wildman–Crippen LogP) is 15.1. The van der Waals surface area contributed by atoms with E-state index < -0.39 is 11.6 Å². The number of unbranched alkanes of at least 4 members (excludes halogenated alkanes) is 10. The Morgan fingerprint density at radius 1 is 0.719 bits per heavy atom. The molecule has 1 aliphatic carbocycles. The number of thiophene rings is 2. The summed E-state index contributed by atoms with van der Waals surface area (Å²) in [5.41, 5.74) is 4.96. The highest BCUT2D eigenvalue weighted by Crippen LogP contribution is 2.46. The van der Waals surface area contributed by atoms with Gasteiger partial charge in [0.25, 0.3) is 0 Å². The second kappa shape index (κ2) is 19.8. The van der Waals surface area contributed by atoms with Crippen LogP contribution in [0.5, 0.6) is 0 Å². The molecule has 2 aliphatic rings. The monoisotopic (exact) mass is 822 g/mol. The summed E-state index contributed by atoms with van der Waals surface area (Å²) in [5, 5.41) is 9.91. The highest BCUT2D eigenvalue weighted by atomic mass is 32.2. The summed E-state index contributed by atoms with van der Waals surface area (Å²) >= 11 is 4.85. The Balaban J connectivity index is 1.13. The summed E-state index contributed by atoms with van der Waals surface area (Å²) < 4.78 is 32.5. The summed E-state index contributed by atoms with van der Waals surface area (Å²) in [6.07, 6.45) is 30.1. The molecule has 0 saturated heterocycles. The molecule has 1 aliphatic heterocycles. The van der Waals surface area contributed by atoms with Gasteiger partial charge in [0.15, 0.2) is 11.6 Å². The molecule has 0 bridgehead atoms. The van der Waals surface area contributed by atoms with Gasteiger partial charge in [0.1, 0.15) is 11.0 Å². The Bertz CT molecular complexity index is 2260. The van der Waals surface area contributed by atoms with Crippen molar-refractivity contribution in [2.75, 3.05) is 11.4 Å². The normalized spacial score (nSPS) is 16.7. The number of halogens is 2. The molecule has 4 heterocycles. The van der Waals surface area contributed by atoms with Gasteiger partial charge in [0.2, 0.25) is 0 Å². The van der Waals surface area contributed by atoms with Gasteiger partial charge < -0.3 is 4.90 Å². The lowest BCUT2D eigenvalue weighted by molar-refractivity contribution is 0.488. The van der Waals surface area contributed by atoms with E-state index in [2.05, 4.69) is 86.4 Å². The average molecular weight is 823 g/mol. The predicted molar refractivity (Wildman–Crippen MR) is 244 cm³/mol. The van der Waals surface area contributed by atoms with Crippen molar-refractivity contribution < 1.29 is 8.78 Å². The third-order valence-corrected chi connectivity index (χ3v) is 14.3. The van der Waals surface area contributed by atoms with E-state index >= 15 is 8.78 Å². The molecule has 4 nitrogen and oxygen atoms in total. The Morgan fingerprint density at radius 3 is 2.04 bits per heavy atom. The summed E-state index contributed by atoms with van der Waals surface area (Å²) in [5.74, 6) is -1.73. The van der Waals surface area contributed by atoms with Crippen LogP contribution < -0.4 is 4.90 Å². The number of fused-ring (bicyclic) bond motifs is 3. The molecule has 2 aromatic carbocycles. The lowest BCUT2D eigenvalue weighted by Crippen LogP contribution is -2.45. The molecule has 9 heteroatoms. The standard InChI is InChI=1S/C48H56F2N4S3/c1-5-8-10-12-14-16-29-53-37-25-21-34(18-7-3)31-41(37)57-42-32-35(22-26-38(42)53)20-23-36-24-28-40(56-36)44-46(50)45(49)43(39-27-19-33(4)55-39)47-48(44)52-54(51-47)30-17-15-13-11-9-6-2/h7,18-28,31-32,38,42H,5-6,8-17,29-30H2,1-4H3/b18-7+,23-20+. The minimum atomic E-state index is -0.866. The van der Waals surface area contributed by atoms with Crippen LogP contribution in [0.2, 0.25) is 0 Å². The second-order valence-corrected chi connectivity index (χ2v) is 19.0. The summed E-state index contributed by atoms with van der Waals surface area (Å²) in [7, 11) is 0. The number of aromatic nitrogens is 3. The van der Waals surface area contributed by atoms with E-state index in [0.717, 1.165) is 34.7 Å². The number of hydrogen-bond donors (Lipinski definition) is 0. The van der Waals surface area contributed by atoms with Crippen molar-refractivity contribution in [3.63, 3.8) is 0 Å². The zero-order valence-corrected chi connectivity index (χ0v) is 36.4. The number of anilines is 1. The van der Waals surface area contributed by atoms with Gasteiger partial charge in [0.05, 0.1) is 34.7 Å². The van der Waals surface area contributed by atoms with Crippen molar-refractivity contribution in [3.05, 3.63) is 105 Å². The molecule has 0 spiro atoms. The number of aryl methyl sites for hydroxylation is 2. The maximum atomic E-state index is 16.3. The molecule has 0 saturated carbocycles. The molecule has 3 aromatic heterocycles. The van der Waals surface area contributed by atoms with E-state index in [1.807, 2.05) is 43.0 Å². The molecular formula is C48H56F2N4S3. The number of thioether (sulfide) groups is 1. The maximum absolute atomic E-state index is 16.3. The lowest BCUT2D eigenvalue weighted by atomic mass is 9.98. The van der Waals surface area contributed by atoms with Gasteiger partial charge in [-0.25, -0.2) is 8.78 Å². The topological polar surface area (TPSA) is 34.0 Å². The number of hydrogen-bond acceptors (Lipinski definition) is 6. The van der Waals surface area contributed by atoms with E-state index in [0.29, 0.717) is 33.4 Å². The van der Waals surface area contributed by atoms with E-state index in [-0.39, 0.29) is 16.4 Å². The molecule has 0 fully saturated rings. The average Bonchev–Trinajstić information content (AvgIpc) is 3.97. The van der Waals surface area contributed by atoms with Gasteiger partial charge >= 0.3 is 0 Å². The Morgan fingerprint density at radius 2 is 1.37 bits per heavy atom. The summed E-state index contributed by atoms with van der Waals surface area (Å²) in [6, 6.07) is 14.8. The first kappa shape index (κ1) is 41.4. The fraction of sp³-hybridized carbons (Fsp3) is 0.417. The number of allylic oxidation sites excluding steroid dienone is 4. The second-order valence-electron chi connectivity index (χ2n) is 15.4. The van der Waals surface area contributed by atoms with Crippen molar-refractivity contribution in [1.29, 1.82) is 0 Å². The van der Waals surface area contributed by atoms with Gasteiger partial charge in [-0.1, -0.05) is 121 Å². The van der Waals surface area contributed by atoms with Crippen LogP contribution in [0.15, 0.2) is 83.3 Å². The van der Waals surface area contributed by atoms with Crippen LogP contribution in [0.1, 0.15) is 113 Å². The molecule has 300 valence electrons. The minimum absolute atomic E-state index is 0.193. The van der Waals surface area contributed by atoms with Gasteiger partial charge in [-0.15, -0.1) is 34.4 Å². The van der Waals surface area contributed by atoms with Crippen LogP contribution in [0, 0.1) is 18.6 Å². The largest absolute Gasteiger partial charge is 0.363 e. The first-order valence-electron chi connectivity index (χ1n) is 21.1. The van der Waals surface area contributed by atoms with Crippen LogP contribution in [0.4, 0.5) is 14.5 Å². The number of nitrogens with zero attached hydrogens (tertiary/aromatic N) is 4. The fourth-order valence-electron chi connectivity index (χ4n) is 7.98. The van der Waals surface area contributed by atoms with Crippen molar-refractivity contribution in [2.45, 2.75) is 127 Å². The van der Waals surface area contributed by atoms with Crippen molar-refractivity contribution in [3.8, 4) is 20.9 Å². The Labute approximate surface area is 350 Å². The van der Waals surface area contributed by atoms with Crippen LogP contribution in [-0.2, 0) is 6.54 Å². The molecule has 2 atom stereocenters. The molecule has 2 unspecified atom stereocenters. The van der Waals surface area contributed by atoms with Crippen molar-refractivity contribution in [2.24, 2.45) is 0 Å². The quantitative estimate of drug-likeness (QED) is 0.0777. The summed E-state index contributed by atoms with van der Waals surface area (Å²) in [6.45, 7) is 10.2. The lowest BCUT2D eigenvalue weighted by Gasteiger charge is -2.42. The van der Waals surface area contributed by atoms with Gasteiger partial charge in [-0.3, -0.25) is 0 Å². The summed E-state index contributed by atoms with van der Waals surface area (Å²) in [4.78, 5) is 8.92. The first-order valence-corrected chi connectivity index (χ1v) is 23.6. The smallest absolute Gasteiger partial charge is 0.170 e. The minimum Gasteiger partial charge on any atom is -0.363 e. The molecule has 0 radical (unpaired) electrons. The number of rotatable bonds is 19. The van der Waals surface area contributed by atoms with Gasteiger partial charge in [-0.2, -0.15) is 15.0 Å². The fourth-order valence-corrected chi connectivity index (χ4v) is 11.2. The van der Waals surface area contributed by atoms with E-state index in [4.69, 9.17) is 10.2 Å². The van der Waals surface area contributed by atoms with Crippen molar-refractivity contribution >= 4 is 63.3 Å². The van der Waals surface area contributed by atoms with Crippen LogP contribution in [0.25, 0.3) is 44.1 Å². The van der Waals surface area contributed by atoms with Crippen LogP contribution in [0.3, 0.4) is 0 Å². The zero-order valence-electron chi connectivity index (χ0n) is 33.9. The van der Waals surface area contributed by atoms with E-state index in [1.165, 1.54) is 103 Å². The van der Waals surface area contributed by atoms with Crippen molar-refractivity contribution in [1.82, 2.24) is 15.0 Å². The highest BCUT2D eigenvalue weighted by molar-refractivity contribution is 8.00. The first-order chi connectivity index (χ1) is 27.9. The highest BCUT2D eigenvalue weighted by Gasteiger charge is 2.34. The van der Waals surface area contributed by atoms with Gasteiger partial charge in [-0.05, 0) is 80.3 Å². The molecule has 0 N–H and O–H groups in total. The third kappa shape index (κ3) is 9.75. The zero-order chi connectivity index (χ0) is 39.7. The Hall–Kier alpha value is -3.79. The molecular weight excluding hydrogens is 767 g/mol. The molecule has 5 aromatic rings. The molecule has 7 rings (SSSR count). The molecule has 0 amide bonds. The maximum Gasteiger partial charge on any atom is 0.170 e. The SMILES string of the molecule is C/C=C/c1ccc2c(c1)SC1C=C(/C=C/c3ccc(-c4c(F)c(F)c(-c5ccc(C)s5)c5nn(CCCCCCCC)nc45)s3)C=CC1N2CCCCCCCC. The van der Waals surface area contributed by atoms with E-state index in [1.54, 1.807) is 4.80 Å². The van der Waals surface area contributed by atoms with Crippen LogP contribution in [-0.4, -0.2) is 32.8 Å². The third-order valence-electron chi connectivity index (χ3n) is 11.0. The number of benzene rings is 2. The van der Waals surface area contributed by atoms with E-state index in [9.17, 15) is 0 Å². The van der Waals surface area contributed by atoms with Gasteiger partial charge in [0, 0.05) is 30.9 Å². The molecule has 57 heavy (non-hydrogen) atoms.